The van der Waals surface area contributed by atoms with Crippen LogP contribution >= 0.6 is 0 Å². The van der Waals surface area contributed by atoms with Gasteiger partial charge in [-0.05, 0) is 25.1 Å². The third-order valence-electron chi connectivity index (χ3n) is 4.42. The number of carbonyl (C=O) groups excluding carboxylic acids is 2. The second kappa shape index (κ2) is 7.16. The van der Waals surface area contributed by atoms with Gasteiger partial charge < -0.3 is 15.2 Å². The van der Waals surface area contributed by atoms with Crippen LogP contribution in [0.4, 0.5) is 4.79 Å². The number of hydrogen-bond acceptors (Lipinski definition) is 6. The van der Waals surface area contributed by atoms with Gasteiger partial charge in [0.15, 0.2) is 0 Å². The summed E-state index contributed by atoms with van der Waals surface area (Å²) in [6, 6.07) is 3.20. The fourth-order valence-electron chi connectivity index (χ4n) is 2.71. The minimum Gasteiger partial charge on any atom is -0.496 e. The highest BCUT2D eigenvalue weighted by molar-refractivity contribution is 7.89. The third-order valence-corrected chi connectivity index (χ3v) is 6.23. The molecule has 10 nitrogen and oxygen atoms in total. The lowest BCUT2D eigenvalue weighted by Crippen LogP contribution is -2.41. The number of imide groups is 1. The summed E-state index contributed by atoms with van der Waals surface area (Å²) in [5, 5.41) is 13.6. The Bertz CT molecular complexity index is 899. The number of carboxylic acid groups (broad SMARTS) is 1. The van der Waals surface area contributed by atoms with Crippen LogP contribution in [-0.2, 0) is 25.2 Å². The smallest absolute Gasteiger partial charge is 0.322 e. The van der Waals surface area contributed by atoms with E-state index in [0.29, 0.717) is 0 Å². The fourth-order valence-corrected chi connectivity index (χ4v) is 4.00. The number of amides is 3. The minimum absolute atomic E-state index is 0.159. The van der Waals surface area contributed by atoms with Gasteiger partial charge in [-0.1, -0.05) is 6.92 Å². The van der Waals surface area contributed by atoms with Crippen molar-refractivity contribution < 1.29 is 32.6 Å². The van der Waals surface area contributed by atoms with Gasteiger partial charge in [0.2, 0.25) is 10.0 Å². The summed E-state index contributed by atoms with van der Waals surface area (Å²) in [6.07, 6.45) is 0. The summed E-state index contributed by atoms with van der Waals surface area (Å²) in [4.78, 5) is 34.6. The zero-order chi connectivity index (χ0) is 20.6. The Morgan fingerprint density at radius 1 is 1.37 bits per heavy atom. The molecule has 27 heavy (non-hydrogen) atoms. The lowest BCUT2D eigenvalue weighted by molar-refractivity contribution is -0.141. The van der Waals surface area contributed by atoms with Crippen molar-refractivity contribution >= 4 is 27.9 Å². The van der Waals surface area contributed by atoms with Crippen LogP contribution in [0.1, 0.15) is 19.4 Å². The average Bonchev–Trinajstić information content (AvgIpc) is 2.86. The van der Waals surface area contributed by atoms with Crippen LogP contribution in [-0.4, -0.2) is 56.4 Å². The molecule has 3 N–H and O–H groups in total. The summed E-state index contributed by atoms with van der Waals surface area (Å²) in [7, 11) is -1.41. The molecule has 1 heterocycles. The number of sulfonamides is 1. The quantitative estimate of drug-likeness (QED) is 0.552. The Hall–Kier alpha value is -2.66. The first-order valence-electron chi connectivity index (χ1n) is 7.94. The highest BCUT2D eigenvalue weighted by Gasteiger charge is 2.45. The van der Waals surface area contributed by atoms with Crippen molar-refractivity contribution in [2.45, 2.75) is 24.3 Å². The fraction of sp³-hybridized carbons (Fsp3) is 0.438. The number of benzene rings is 1. The van der Waals surface area contributed by atoms with Crippen molar-refractivity contribution in [1.29, 1.82) is 0 Å². The number of carbonyl (C=O) groups is 3. The predicted molar refractivity (Wildman–Crippen MR) is 93.6 cm³/mol. The second-order valence-electron chi connectivity index (χ2n) is 6.42. The van der Waals surface area contributed by atoms with Gasteiger partial charge in [0, 0.05) is 19.2 Å². The van der Waals surface area contributed by atoms with E-state index in [1.807, 2.05) is 0 Å². The monoisotopic (exact) mass is 399 g/mol. The summed E-state index contributed by atoms with van der Waals surface area (Å²) in [5.74, 6) is -2.45. The topological polar surface area (TPSA) is 142 Å². The van der Waals surface area contributed by atoms with Crippen LogP contribution in [0.3, 0.4) is 0 Å². The van der Waals surface area contributed by atoms with Crippen molar-refractivity contribution in [3.05, 3.63) is 23.8 Å². The number of nitrogens with one attached hydrogen (secondary N) is 2. The first-order valence-corrected chi connectivity index (χ1v) is 9.38. The van der Waals surface area contributed by atoms with Crippen molar-refractivity contribution in [2.24, 2.45) is 5.92 Å². The van der Waals surface area contributed by atoms with Crippen molar-refractivity contribution in [3.8, 4) is 5.75 Å². The molecule has 2 atom stereocenters. The highest BCUT2D eigenvalue weighted by atomic mass is 32.2. The Balaban J connectivity index is 2.49. The van der Waals surface area contributed by atoms with Crippen LogP contribution in [0.2, 0.25) is 0 Å². The first kappa shape index (κ1) is 20.6. The normalized spacial score (nSPS) is 20.9. The zero-order valence-corrected chi connectivity index (χ0v) is 16.1. The molecular formula is C16H21N3O7S. The molecule has 0 radical (unpaired) electrons. The van der Waals surface area contributed by atoms with Crippen LogP contribution in [0.25, 0.3) is 0 Å². The first-order chi connectivity index (χ1) is 12.4. The number of urea groups is 1. The summed E-state index contributed by atoms with van der Waals surface area (Å²) in [6.45, 7) is 2.60. The largest absolute Gasteiger partial charge is 0.496 e. The molecule has 1 saturated heterocycles. The van der Waals surface area contributed by atoms with Crippen LogP contribution in [0.5, 0.6) is 5.75 Å². The maximum absolute atomic E-state index is 12.8. The minimum atomic E-state index is -4.03. The number of aliphatic carboxylic acids is 1. The molecule has 2 unspecified atom stereocenters. The van der Waals surface area contributed by atoms with Gasteiger partial charge in [-0.25, -0.2) is 17.5 Å². The van der Waals surface area contributed by atoms with E-state index in [4.69, 9.17) is 9.84 Å². The SMILES string of the molecule is COc1ccc(S(=O)(=O)N(C)CC(C)C(=O)O)cc1C1(C)NC(=O)NC1=O. The molecule has 1 aliphatic heterocycles. The molecule has 1 fully saturated rings. The van der Waals surface area contributed by atoms with E-state index in [1.54, 1.807) is 0 Å². The Morgan fingerprint density at radius 2 is 2.00 bits per heavy atom. The van der Waals surface area contributed by atoms with E-state index in [2.05, 4.69) is 10.6 Å². The highest BCUT2D eigenvalue weighted by Crippen LogP contribution is 2.34. The molecule has 0 aromatic heterocycles. The summed E-state index contributed by atoms with van der Waals surface area (Å²) in [5.41, 5.74) is -1.35. The van der Waals surface area contributed by atoms with Gasteiger partial charge in [-0.15, -0.1) is 0 Å². The second-order valence-corrected chi connectivity index (χ2v) is 8.47. The average molecular weight is 399 g/mol. The van der Waals surface area contributed by atoms with Crippen molar-refractivity contribution in [3.63, 3.8) is 0 Å². The zero-order valence-electron chi connectivity index (χ0n) is 15.3. The molecule has 3 amide bonds. The molecule has 0 bridgehead atoms. The van der Waals surface area contributed by atoms with Gasteiger partial charge in [0.1, 0.15) is 11.3 Å². The molecule has 1 aromatic carbocycles. The number of nitrogens with zero attached hydrogens (tertiary/aromatic N) is 1. The number of hydrogen-bond donors (Lipinski definition) is 3. The van der Waals surface area contributed by atoms with Crippen LogP contribution in [0.15, 0.2) is 23.1 Å². The molecule has 11 heteroatoms. The van der Waals surface area contributed by atoms with E-state index < -0.39 is 39.4 Å². The number of carboxylic acids is 1. The predicted octanol–water partition coefficient (Wildman–Crippen LogP) is 0.0910. The molecular weight excluding hydrogens is 378 g/mol. The van der Waals surface area contributed by atoms with E-state index in [-0.39, 0.29) is 22.8 Å². The maximum Gasteiger partial charge on any atom is 0.322 e. The summed E-state index contributed by atoms with van der Waals surface area (Å²) < 4.78 is 31.8. The lowest BCUT2D eigenvalue weighted by Gasteiger charge is -2.25. The summed E-state index contributed by atoms with van der Waals surface area (Å²) >= 11 is 0. The van der Waals surface area contributed by atoms with Crippen molar-refractivity contribution in [2.75, 3.05) is 20.7 Å². The van der Waals surface area contributed by atoms with Gasteiger partial charge >= 0.3 is 12.0 Å². The molecule has 0 saturated carbocycles. The van der Waals surface area contributed by atoms with Crippen LogP contribution in [0, 0.1) is 5.92 Å². The van der Waals surface area contributed by atoms with E-state index in [0.717, 1.165) is 4.31 Å². The maximum atomic E-state index is 12.8. The molecule has 0 spiro atoms. The van der Waals surface area contributed by atoms with Crippen LogP contribution < -0.4 is 15.4 Å². The van der Waals surface area contributed by atoms with E-state index in [9.17, 15) is 22.8 Å². The van der Waals surface area contributed by atoms with Crippen molar-refractivity contribution in [1.82, 2.24) is 14.9 Å². The van der Waals surface area contributed by atoms with E-state index in [1.165, 1.54) is 46.2 Å². The molecule has 1 aliphatic rings. The molecule has 1 aromatic rings. The van der Waals surface area contributed by atoms with Gasteiger partial charge in [0.25, 0.3) is 5.91 Å². The Morgan fingerprint density at radius 3 is 2.48 bits per heavy atom. The number of rotatable bonds is 7. The standard InChI is InChI=1S/C16H21N3O7S/c1-9(13(20)21)8-19(3)27(24,25)10-5-6-12(26-4)11(7-10)16(2)14(22)17-15(23)18-16/h5-7,9H,8H2,1-4H3,(H,20,21)(H2,17,18,22,23). The lowest BCUT2D eigenvalue weighted by atomic mass is 9.91. The third kappa shape index (κ3) is 3.74. The number of ether oxygens (including phenoxy) is 1. The van der Waals surface area contributed by atoms with Gasteiger partial charge in [0.05, 0.1) is 17.9 Å². The van der Waals surface area contributed by atoms with Gasteiger partial charge in [-0.2, -0.15) is 0 Å². The Kier molecular flexibility index (Phi) is 5.47. The molecule has 0 aliphatic carbocycles. The number of methoxy groups -OCH3 is 1. The molecule has 148 valence electrons. The van der Waals surface area contributed by atoms with Gasteiger partial charge in [-0.3, -0.25) is 14.9 Å². The Labute approximate surface area is 156 Å². The molecule has 2 rings (SSSR count). The van der Waals surface area contributed by atoms with E-state index >= 15 is 0 Å².